The van der Waals surface area contributed by atoms with Gasteiger partial charge in [-0.05, 0) is 18.8 Å². The first-order valence-electron chi connectivity index (χ1n) is 7.53. The number of nitrogens with zero attached hydrogens (tertiary/aromatic N) is 1. The monoisotopic (exact) mass is 331 g/mol. The third-order valence-corrected chi connectivity index (χ3v) is 3.77. The summed E-state index contributed by atoms with van der Waals surface area (Å²) in [6, 6.07) is 0. The van der Waals surface area contributed by atoms with Gasteiger partial charge in [0.1, 0.15) is 6.54 Å². The number of rotatable bonds is 3. The lowest BCUT2D eigenvalue weighted by molar-refractivity contribution is -0.890. The average molecular weight is 331 g/mol. The molecule has 0 aromatic rings. The fourth-order valence-electron chi connectivity index (χ4n) is 2.13. The highest BCUT2D eigenvalue weighted by molar-refractivity contribution is 6.60. The molecule has 0 bridgehead atoms. The highest BCUT2D eigenvalue weighted by Crippen LogP contribution is 2.31. The van der Waals surface area contributed by atoms with Crippen LogP contribution in [0.15, 0.2) is 0 Å². The lowest BCUT2D eigenvalue weighted by Crippen LogP contribution is -2.40. The van der Waals surface area contributed by atoms with Gasteiger partial charge in [-0.15, -0.1) is 0 Å². The number of likely N-dealkylation sites (tertiary alicyclic amines) is 1. The summed E-state index contributed by atoms with van der Waals surface area (Å²) in [5, 5.41) is 0. The summed E-state index contributed by atoms with van der Waals surface area (Å²) in [7, 11) is 2.34. The van der Waals surface area contributed by atoms with Crippen molar-refractivity contribution in [1.82, 2.24) is 0 Å². The van der Waals surface area contributed by atoms with Crippen molar-refractivity contribution in [3.05, 3.63) is 0 Å². The molecule has 1 rings (SSSR count). The number of alkyl halides is 3. The van der Waals surface area contributed by atoms with Gasteiger partial charge in [-0.3, -0.25) is 0 Å². The first-order valence-corrected chi connectivity index (χ1v) is 7.53. The molecular weight excluding hydrogens is 307 g/mol. The van der Waals surface area contributed by atoms with Crippen molar-refractivity contribution in [2.24, 2.45) is 5.92 Å². The van der Waals surface area contributed by atoms with Crippen LogP contribution in [0.4, 0.5) is 26.1 Å². The molecule has 1 heterocycles. The molecule has 0 spiro atoms. The Morgan fingerprint density at radius 3 is 1.77 bits per heavy atom. The van der Waals surface area contributed by atoms with Crippen LogP contribution in [0.25, 0.3) is 0 Å². The van der Waals surface area contributed by atoms with Crippen molar-refractivity contribution in [2.45, 2.75) is 45.6 Å². The molecule has 0 aromatic carbocycles. The SMILES string of the molecule is CCC(C#CC[N+]1(C)CCCC1)CC.F[B-](F)(F)C(F)(F)F. The van der Waals surface area contributed by atoms with Crippen molar-refractivity contribution < 1.29 is 30.6 Å². The van der Waals surface area contributed by atoms with Gasteiger partial charge >= 0.3 is 13.1 Å². The zero-order chi connectivity index (χ0) is 17.4. The van der Waals surface area contributed by atoms with Gasteiger partial charge < -0.3 is 17.4 Å². The maximum absolute atomic E-state index is 10.5. The standard InChI is InChI=1S/C13H24N.CBF6/c1-4-13(5-2)9-8-12-14(3)10-6-7-11-14;3-1(4,5)2(6,7)8/h13H,4-7,10-12H2,1-3H3;/q+1;-1. The molecule has 22 heavy (non-hydrogen) atoms. The Kier molecular flexibility index (Phi) is 8.38. The maximum Gasteiger partial charge on any atom is 0.583 e. The summed E-state index contributed by atoms with van der Waals surface area (Å²) >= 11 is 0. The molecule has 1 aliphatic heterocycles. The molecule has 0 aromatic heterocycles. The van der Waals surface area contributed by atoms with E-state index >= 15 is 0 Å². The molecule has 1 nitrogen and oxygen atoms in total. The van der Waals surface area contributed by atoms with Crippen molar-refractivity contribution in [2.75, 3.05) is 26.7 Å². The van der Waals surface area contributed by atoms with E-state index in [2.05, 4.69) is 32.7 Å². The zero-order valence-corrected chi connectivity index (χ0v) is 13.3. The molecule has 130 valence electrons. The predicted molar refractivity (Wildman–Crippen MR) is 77.0 cm³/mol. The van der Waals surface area contributed by atoms with Crippen molar-refractivity contribution in [3.8, 4) is 11.8 Å². The van der Waals surface area contributed by atoms with E-state index in [9.17, 15) is 26.1 Å². The molecular formula is C14H24BF6N. The van der Waals surface area contributed by atoms with Gasteiger partial charge in [0, 0.05) is 18.8 Å². The lowest BCUT2D eigenvalue weighted by Gasteiger charge is -2.26. The van der Waals surface area contributed by atoms with Gasteiger partial charge in [0.15, 0.2) is 0 Å². The summed E-state index contributed by atoms with van der Waals surface area (Å²) in [6.07, 6.45) is -0.813. The minimum atomic E-state index is -6.65. The van der Waals surface area contributed by atoms with Crippen LogP contribution >= 0.6 is 0 Å². The normalized spacial score (nSPS) is 17.5. The molecule has 1 saturated heterocycles. The fourth-order valence-corrected chi connectivity index (χ4v) is 2.13. The molecule has 1 aliphatic rings. The molecule has 0 amide bonds. The van der Waals surface area contributed by atoms with E-state index < -0.39 is 13.1 Å². The van der Waals surface area contributed by atoms with Crippen LogP contribution in [-0.2, 0) is 0 Å². The van der Waals surface area contributed by atoms with Gasteiger partial charge in [0.05, 0.1) is 20.1 Å². The second kappa shape index (κ2) is 8.71. The van der Waals surface area contributed by atoms with E-state index in [4.69, 9.17) is 0 Å². The Balaban J connectivity index is 0.000000472. The van der Waals surface area contributed by atoms with Crippen molar-refractivity contribution in [1.29, 1.82) is 0 Å². The number of hydrogen-bond acceptors (Lipinski definition) is 0. The van der Waals surface area contributed by atoms with Gasteiger partial charge in [0.25, 0.3) is 0 Å². The second-order valence-electron chi connectivity index (χ2n) is 5.88. The van der Waals surface area contributed by atoms with E-state index in [-0.39, 0.29) is 0 Å². The Morgan fingerprint density at radius 2 is 1.45 bits per heavy atom. The topological polar surface area (TPSA) is 0 Å². The van der Waals surface area contributed by atoms with Crippen molar-refractivity contribution >= 4 is 6.98 Å². The Hall–Kier alpha value is -0.835. The quantitative estimate of drug-likeness (QED) is 0.307. The van der Waals surface area contributed by atoms with Gasteiger partial charge in [-0.2, -0.15) is 0 Å². The predicted octanol–water partition coefficient (Wildman–Crippen LogP) is 4.60. The van der Waals surface area contributed by atoms with Gasteiger partial charge in [0.2, 0.25) is 0 Å². The first kappa shape index (κ1) is 21.2. The third-order valence-electron chi connectivity index (χ3n) is 3.77. The zero-order valence-electron chi connectivity index (χ0n) is 13.3. The Labute approximate surface area is 128 Å². The van der Waals surface area contributed by atoms with E-state index in [1.807, 2.05) is 0 Å². The van der Waals surface area contributed by atoms with E-state index in [0.29, 0.717) is 5.92 Å². The van der Waals surface area contributed by atoms with Crippen molar-refractivity contribution in [3.63, 3.8) is 0 Å². The first-order chi connectivity index (χ1) is 9.95. The molecule has 0 aliphatic carbocycles. The van der Waals surface area contributed by atoms with E-state index in [0.717, 1.165) is 6.54 Å². The van der Waals surface area contributed by atoms with Crippen LogP contribution in [-0.4, -0.2) is 44.2 Å². The number of halogens is 6. The largest absolute Gasteiger partial charge is 0.583 e. The lowest BCUT2D eigenvalue weighted by atomic mass is 9.92. The van der Waals surface area contributed by atoms with Crippen LogP contribution < -0.4 is 0 Å². The van der Waals surface area contributed by atoms with E-state index in [1.54, 1.807) is 0 Å². The molecule has 0 radical (unpaired) electrons. The summed E-state index contributed by atoms with van der Waals surface area (Å²) < 4.78 is 64.1. The van der Waals surface area contributed by atoms with Crippen LogP contribution in [0.5, 0.6) is 0 Å². The van der Waals surface area contributed by atoms with Gasteiger partial charge in [-0.1, -0.05) is 19.8 Å². The van der Waals surface area contributed by atoms with Gasteiger partial charge in [-0.25, -0.2) is 13.2 Å². The molecule has 0 saturated carbocycles. The Bertz CT molecular complexity index is 358. The molecule has 0 N–H and O–H groups in total. The third kappa shape index (κ3) is 7.97. The fraction of sp³-hybridized carbons (Fsp3) is 0.857. The van der Waals surface area contributed by atoms with Crippen LogP contribution in [0.3, 0.4) is 0 Å². The summed E-state index contributed by atoms with van der Waals surface area (Å²) in [6.45, 7) is 1.54. The number of quaternary nitrogens is 1. The maximum atomic E-state index is 10.5. The second-order valence-corrected chi connectivity index (χ2v) is 5.88. The molecule has 0 unspecified atom stereocenters. The minimum absolute atomic E-state index is 0.629. The van der Waals surface area contributed by atoms with Crippen LogP contribution in [0.1, 0.15) is 39.5 Å². The molecule has 1 fully saturated rings. The molecule has 8 heteroatoms. The average Bonchev–Trinajstić information content (AvgIpc) is 2.80. The smallest absolute Gasteiger partial charge is 0.443 e. The van der Waals surface area contributed by atoms with Crippen LogP contribution in [0.2, 0.25) is 0 Å². The number of hydrogen-bond donors (Lipinski definition) is 0. The minimum Gasteiger partial charge on any atom is -0.443 e. The summed E-state index contributed by atoms with van der Waals surface area (Å²) in [4.78, 5) is 0. The summed E-state index contributed by atoms with van der Waals surface area (Å²) in [5.74, 6) is 7.43. The molecule has 0 atom stereocenters. The van der Waals surface area contributed by atoms with E-state index in [1.165, 1.54) is 43.3 Å². The highest BCUT2D eigenvalue weighted by atomic mass is 19.4. The Morgan fingerprint density at radius 1 is 1.05 bits per heavy atom. The summed E-state index contributed by atoms with van der Waals surface area (Å²) in [5.41, 5.74) is 0. The highest BCUT2D eigenvalue weighted by Gasteiger charge is 2.53. The van der Waals surface area contributed by atoms with Crippen LogP contribution in [0, 0.1) is 17.8 Å².